The van der Waals surface area contributed by atoms with Gasteiger partial charge in [-0.25, -0.2) is 0 Å². The van der Waals surface area contributed by atoms with Crippen LogP contribution in [0.1, 0.15) is 21.7 Å². The zero-order valence-corrected chi connectivity index (χ0v) is 12.2. The molecule has 3 N–H and O–H groups in total. The molecule has 0 saturated carbocycles. The zero-order valence-electron chi connectivity index (χ0n) is 11.4. The molecule has 5 heteroatoms. The van der Waals surface area contributed by atoms with Gasteiger partial charge in [-0.15, -0.1) is 11.3 Å². The molecule has 106 valence electrons. The Kier molecular flexibility index (Phi) is 3.40. The van der Waals surface area contributed by atoms with Crippen LogP contribution in [-0.2, 0) is 0 Å². The Morgan fingerprint density at radius 3 is 3.05 bits per heavy atom. The molecule has 1 aromatic carbocycles. The number of aliphatic hydroxyl groups is 1. The van der Waals surface area contributed by atoms with E-state index in [4.69, 9.17) is 5.73 Å². The van der Waals surface area contributed by atoms with E-state index in [2.05, 4.69) is 0 Å². The van der Waals surface area contributed by atoms with Crippen LogP contribution in [0.15, 0.2) is 18.2 Å². The van der Waals surface area contributed by atoms with Crippen LogP contribution >= 0.6 is 11.3 Å². The van der Waals surface area contributed by atoms with Gasteiger partial charge in [-0.2, -0.15) is 0 Å². The second-order valence-corrected chi connectivity index (χ2v) is 6.49. The summed E-state index contributed by atoms with van der Waals surface area (Å²) in [5.41, 5.74) is 7.89. The van der Waals surface area contributed by atoms with Gasteiger partial charge in [-0.3, -0.25) is 4.79 Å². The molecule has 1 amide bonds. The highest BCUT2D eigenvalue weighted by Gasteiger charge is 2.28. The highest BCUT2D eigenvalue weighted by Crippen LogP contribution is 2.35. The third-order valence-electron chi connectivity index (χ3n) is 3.91. The van der Waals surface area contributed by atoms with Gasteiger partial charge in [0.1, 0.15) is 4.88 Å². The number of nitrogens with two attached hydrogens (primary N) is 1. The van der Waals surface area contributed by atoms with E-state index >= 15 is 0 Å². The Bertz CT molecular complexity index is 665. The number of hydrogen-bond acceptors (Lipinski definition) is 4. The number of benzene rings is 1. The third kappa shape index (κ3) is 2.17. The minimum absolute atomic E-state index is 0.00250. The number of fused-ring (bicyclic) bond motifs is 1. The first-order valence-electron chi connectivity index (χ1n) is 6.79. The summed E-state index contributed by atoms with van der Waals surface area (Å²) in [5, 5.41) is 10.1. The van der Waals surface area contributed by atoms with Crippen molar-refractivity contribution in [2.75, 3.05) is 25.4 Å². The number of aliphatic hydroxyl groups excluding tert-OH is 1. The van der Waals surface area contributed by atoms with Crippen LogP contribution in [-0.4, -0.2) is 35.6 Å². The van der Waals surface area contributed by atoms with Crippen LogP contribution in [0, 0.1) is 12.8 Å². The smallest absolute Gasteiger partial charge is 0.266 e. The molecule has 2 aromatic rings. The molecule has 0 aliphatic carbocycles. The van der Waals surface area contributed by atoms with E-state index in [1.54, 1.807) is 4.90 Å². The van der Waals surface area contributed by atoms with Crippen LogP contribution < -0.4 is 5.73 Å². The van der Waals surface area contributed by atoms with Gasteiger partial charge in [0.25, 0.3) is 5.91 Å². The first-order valence-corrected chi connectivity index (χ1v) is 7.60. The van der Waals surface area contributed by atoms with Crippen molar-refractivity contribution < 1.29 is 9.90 Å². The molecule has 1 atom stereocenters. The zero-order chi connectivity index (χ0) is 14.3. The average Bonchev–Trinajstić information content (AvgIpc) is 3.04. The fourth-order valence-electron chi connectivity index (χ4n) is 2.70. The average molecular weight is 290 g/mol. The number of carbonyl (C=O) groups is 1. The van der Waals surface area contributed by atoms with Crippen molar-refractivity contribution in [2.24, 2.45) is 5.92 Å². The van der Waals surface area contributed by atoms with Gasteiger partial charge in [0.15, 0.2) is 0 Å². The van der Waals surface area contributed by atoms with Gasteiger partial charge in [0.2, 0.25) is 0 Å². The normalized spacial score (nSPS) is 18.9. The molecule has 4 nitrogen and oxygen atoms in total. The summed E-state index contributed by atoms with van der Waals surface area (Å²) in [6, 6.07) is 6.08. The van der Waals surface area contributed by atoms with Crippen molar-refractivity contribution in [3.8, 4) is 0 Å². The molecule has 3 rings (SSSR count). The summed E-state index contributed by atoms with van der Waals surface area (Å²) in [5.74, 6) is 0.203. The molecule has 1 unspecified atom stereocenters. The summed E-state index contributed by atoms with van der Waals surface area (Å²) in [6.07, 6.45) is 0.867. The van der Waals surface area contributed by atoms with Crippen molar-refractivity contribution in [1.29, 1.82) is 0 Å². The second-order valence-electron chi connectivity index (χ2n) is 5.43. The molecule has 1 aliphatic heterocycles. The number of carbonyl (C=O) groups excluding carboxylic acids is 1. The SMILES string of the molecule is Cc1ccc2sc(C(=O)N3CCC(CO)C3)c(N)c2c1. The predicted octanol–water partition coefficient (Wildman–Crippen LogP) is 2.25. The molecule has 0 radical (unpaired) electrons. The number of anilines is 1. The molecule has 1 aromatic heterocycles. The van der Waals surface area contributed by atoms with Crippen LogP contribution in [0.3, 0.4) is 0 Å². The Morgan fingerprint density at radius 2 is 2.35 bits per heavy atom. The molecule has 1 aliphatic rings. The summed E-state index contributed by atoms with van der Waals surface area (Å²) in [6.45, 7) is 3.49. The lowest BCUT2D eigenvalue weighted by Gasteiger charge is -2.15. The van der Waals surface area contributed by atoms with Crippen molar-refractivity contribution in [1.82, 2.24) is 4.90 Å². The van der Waals surface area contributed by atoms with Crippen molar-refractivity contribution in [2.45, 2.75) is 13.3 Å². The van der Waals surface area contributed by atoms with E-state index in [0.717, 1.165) is 22.1 Å². The molecule has 0 bridgehead atoms. The Hall–Kier alpha value is -1.59. The molecular weight excluding hydrogens is 272 g/mol. The van der Waals surface area contributed by atoms with E-state index in [0.29, 0.717) is 23.7 Å². The Balaban J connectivity index is 1.94. The van der Waals surface area contributed by atoms with Gasteiger partial charge in [-0.1, -0.05) is 11.6 Å². The number of nitrogen functional groups attached to an aromatic ring is 1. The molecule has 2 heterocycles. The maximum atomic E-state index is 12.6. The lowest BCUT2D eigenvalue weighted by Crippen LogP contribution is -2.29. The third-order valence-corrected chi connectivity index (χ3v) is 5.08. The maximum absolute atomic E-state index is 12.6. The van der Waals surface area contributed by atoms with Crippen LogP contribution in [0.4, 0.5) is 5.69 Å². The minimum Gasteiger partial charge on any atom is -0.397 e. The fraction of sp³-hybridized carbons (Fsp3) is 0.400. The number of rotatable bonds is 2. The van der Waals surface area contributed by atoms with Crippen LogP contribution in [0.25, 0.3) is 10.1 Å². The highest BCUT2D eigenvalue weighted by atomic mass is 32.1. The summed E-state index contributed by atoms with van der Waals surface area (Å²) >= 11 is 1.46. The quantitative estimate of drug-likeness (QED) is 0.891. The molecule has 20 heavy (non-hydrogen) atoms. The first-order chi connectivity index (χ1) is 9.60. The van der Waals surface area contributed by atoms with E-state index in [9.17, 15) is 9.90 Å². The second kappa shape index (κ2) is 5.07. The number of amides is 1. The number of hydrogen-bond donors (Lipinski definition) is 2. The van der Waals surface area contributed by atoms with Gasteiger partial charge in [-0.05, 0) is 25.5 Å². The predicted molar refractivity (Wildman–Crippen MR) is 82.1 cm³/mol. The van der Waals surface area contributed by atoms with Gasteiger partial charge in [0.05, 0.1) is 5.69 Å². The number of likely N-dealkylation sites (tertiary alicyclic amines) is 1. The summed E-state index contributed by atoms with van der Waals surface area (Å²) < 4.78 is 1.05. The Morgan fingerprint density at radius 1 is 1.55 bits per heavy atom. The van der Waals surface area contributed by atoms with Gasteiger partial charge < -0.3 is 15.7 Å². The first kappa shape index (κ1) is 13.4. The molecular formula is C15H18N2O2S. The van der Waals surface area contributed by atoms with Crippen molar-refractivity contribution in [3.63, 3.8) is 0 Å². The largest absolute Gasteiger partial charge is 0.397 e. The molecule has 1 saturated heterocycles. The highest BCUT2D eigenvalue weighted by molar-refractivity contribution is 7.21. The summed E-state index contributed by atoms with van der Waals surface area (Å²) in [7, 11) is 0. The van der Waals surface area contributed by atoms with E-state index in [1.807, 2.05) is 25.1 Å². The van der Waals surface area contributed by atoms with E-state index in [1.165, 1.54) is 11.3 Å². The van der Waals surface area contributed by atoms with Gasteiger partial charge >= 0.3 is 0 Å². The number of aryl methyl sites for hydroxylation is 1. The fourth-order valence-corrected chi connectivity index (χ4v) is 3.77. The molecule has 1 fully saturated rings. The lowest BCUT2D eigenvalue weighted by molar-refractivity contribution is 0.0787. The van der Waals surface area contributed by atoms with E-state index < -0.39 is 0 Å². The maximum Gasteiger partial charge on any atom is 0.266 e. The van der Waals surface area contributed by atoms with Crippen LogP contribution in [0.2, 0.25) is 0 Å². The van der Waals surface area contributed by atoms with Crippen LogP contribution in [0.5, 0.6) is 0 Å². The van der Waals surface area contributed by atoms with Crippen molar-refractivity contribution in [3.05, 3.63) is 28.6 Å². The monoisotopic (exact) mass is 290 g/mol. The van der Waals surface area contributed by atoms with Gasteiger partial charge in [0, 0.05) is 35.7 Å². The van der Waals surface area contributed by atoms with Crippen molar-refractivity contribution >= 4 is 33.0 Å². The standard InChI is InChI=1S/C15H18N2O2S/c1-9-2-3-12-11(6-9)13(16)14(20-12)15(19)17-5-4-10(7-17)8-18/h2-3,6,10,18H,4-5,7-8,16H2,1H3. The Labute approximate surface area is 121 Å². The van der Waals surface area contributed by atoms with E-state index in [-0.39, 0.29) is 18.4 Å². The lowest BCUT2D eigenvalue weighted by atomic mass is 10.1. The topological polar surface area (TPSA) is 66.6 Å². The minimum atomic E-state index is -0.00250. The molecule has 0 spiro atoms. The number of nitrogens with zero attached hydrogens (tertiary/aromatic N) is 1. The summed E-state index contributed by atoms with van der Waals surface area (Å²) in [4.78, 5) is 15.0. The number of thiophene rings is 1.